The number of nitrogens with two attached hydrogens (primary N) is 1. The van der Waals surface area contributed by atoms with Gasteiger partial charge in [0.2, 0.25) is 5.13 Å². The van der Waals surface area contributed by atoms with Crippen LogP contribution in [-0.4, -0.2) is 51.8 Å². The Balaban J connectivity index is 1.98. The number of anilines is 1. The van der Waals surface area contributed by atoms with Crippen molar-refractivity contribution >= 4 is 33.7 Å². The molecule has 1 saturated heterocycles. The van der Waals surface area contributed by atoms with Gasteiger partial charge in [-0.15, -0.1) is 10.2 Å². The molecule has 1 aromatic heterocycles. The molecule has 2 N–H and O–H groups in total. The van der Waals surface area contributed by atoms with E-state index in [0.717, 1.165) is 36.3 Å². The van der Waals surface area contributed by atoms with E-state index in [2.05, 4.69) is 33.8 Å². The molecule has 0 spiro atoms. The number of aryl methyl sites for hydroxylation is 1. The van der Waals surface area contributed by atoms with Crippen molar-refractivity contribution in [3.05, 3.63) is 5.01 Å². The number of piperazine rings is 1. The monoisotopic (exact) mass is 285 g/mol. The summed E-state index contributed by atoms with van der Waals surface area (Å²) in [6, 6.07) is 0. The molecule has 0 saturated carbocycles. The standard InChI is InChI=1S/C11H19N5S2/c1-8-13-14-10(18-8)15-4-6-16(7-5-15)11(2,3)9(12)17/h4-7H2,1-3H3,(H2,12,17). The van der Waals surface area contributed by atoms with Gasteiger partial charge in [0.05, 0.1) is 10.5 Å². The lowest BCUT2D eigenvalue weighted by molar-refractivity contribution is 0.168. The molecule has 1 aromatic rings. The maximum atomic E-state index is 5.81. The topological polar surface area (TPSA) is 58.3 Å². The normalized spacial score (nSPS) is 18.1. The zero-order valence-electron chi connectivity index (χ0n) is 11.0. The highest BCUT2D eigenvalue weighted by Gasteiger charge is 2.32. The van der Waals surface area contributed by atoms with Crippen molar-refractivity contribution in [3.8, 4) is 0 Å². The Kier molecular flexibility index (Phi) is 3.84. The van der Waals surface area contributed by atoms with Crippen LogP contribution in [0.15, 0.2) is 0 Å². The molecule has 100 valence electrons. The van der Waals surface area contributed by atoms with E-state index in [1.165, 1.54) is 0 Å². The van der Waals surface area contributed by atoms with Gasteiger partial charge in [-0.25, -0.2) is 0 Å². The lowest BCUT2D eigenvalue weighted by Gasteiger charge is -2.43. The molecule has 1 aliphatic heterocycles. The fourth-order valence-electron chi connectivity index (χ4n) is 2.03. The van der Waals surface area contributed by atoms with E-state index < -0.39 is 0 Å². The van der Waals surface area contributed by atoms with Crippen LogP contribution < -0.4 is 10.6 Å². The molecule has 0 radical (unpaired) electrons. The van der Waals surface area contributed by atoms with Crippen LogP contribution >= 0.6 is 23.6 Å². The van der Waals surface area contributed by atoms with E-state index in [4.69, 9.17) is 18.0 Å². The predicted octanol–water partition coefficient (Wildman–Crippen LogP) is 1.03. The molecular weight excluding hydrogens is 266 g/mol. The second-order valence-electron chi connectivity index (χ2n) is 5.00. The average molecular weight is 285 g/mol. The van der Waals surface area contributed by atoms with Crippen molar-refractivity contribution in [1.29, 1.82) is 0 Å². The number of aromatic nitrogens is 2. The third-order valence-corrected chi connectivity index (χ3v) is 4.86. The third kappa shape index (κ3) is 2.62. The molecule has 2 heterocycles. The van der Waals surface area contributed by atoms with Crippen molar-refractivity contribution in [2.24, 2.45) is 5.73 Å². The van der Waals surface area contributed by atoms with E-state index in [0.29, 0.717) is 4.99 Å². The first kappa shape index (κ1) is 13.6. The lowest BCUT2D eigenvalue weighted by Crippen LogP contribution is -2.59. The van der Waals surface area contributed by atoms with E-state index in [1.54, 1.807) is 11.3 Å². The van der Waals surface area contributed by atoms with E-state index >= 15 is 0 Å². The van der Waals surface area contributed by atoms with Gasteiger partial charge in [0, 0.05) is 26.2 Å². The summed E-state index contributed by atoms with van der Waals surface area (Å²) in [7, 11) is 0. The highest BCUT2D eigenvalue weighted by Crippen LogP contribution is 2.23. The van der Waals surface area contributed by atoms with Gasteiger partial charge < -0.3 is 10.6 Å². The number of hydrogen-bond donors (Lipinski definition) is 1. The molecule has 7 heteroatoms. The Morgan fingerprint density at radius 1 is 1.28 bits per heavy atom. The van der Waals surface area contributed by atoms with Crippen molar-refractivity contribution in [1.82, 2.24) is 15.1 Å². The molecule has 0 unspecified atom stereocenters. The van der Waals surface area contributed by atoms with Crippen LogP contribution in [0.25, 0.3) is 0 Å². The quantitative estimate of drug-likeness (QED) is 0.837. The van der Waals surface area contributed by atoms with Crippen LogP contribution in [0.4, 0.5) is 5.13 Å². The molecule has 0 amide bonds. The Bertz CT molecular complexity index is 434. The minimum atomic E-state index is -0.210. The summed E-state index contributed by atoms with van der Waals surface area (Å²) < 4.78 is 0. The molecule has 0 aromatic carbocycles. The predicted molar refractivity (Wildman–Crippen MR) is 79.3 cm³/mol. The number of rotatable bonds is 3. The van der Waals surface area contributed by atoms with Gasteiger partial charge in [-0.1, -0.05) is 23.6 Å². The minimum absolute atomic E-state index is 0.210. The zero-order chi connectivity index (χ0) is 13.3. The summed E-state index contributed by atoms with van der Waals surface area (Å²) in [6.07, 6.45) is 0. The first-order valence-electron chi connectivity index (χ1n) is 6.01. The molecule has 1 aliphatic rings. The van der Waals surface area contributed by atoms with Gasteiger partial charge in [-0.05, 0) is 20.8 Å². The van der Waals surface area contributed by atoms with Gasteiger partial charge in [-0.3, -0.25) is 4.90 Å². The van der Waals surface area contributed by atoms with Gasteiger partial charge in [0.15, 0.2) is 0 Å². The summed E-state index contributed by atoms with van der Waals surface area (Å²) >= 11 is 6.78. The largest absolute Gasteiger partial charge is 0.392 e. The average Bonchev–Trinajstić information content (AvgIpc) is 2.76. The van der Waals surface area contributed by atoms with Crippen LogP contribution in [-0.2, 0) is 0 Å². The SMILES string of the molecule is Cc1nnc(N2CCN(C(C)(C)C(N)=S)CC2)s1. The highest BCUT2D eigenvalue weighted by atomic mass is 32.1. The summed E-state index contributed by atoms with van der Waals surface area (Å²) in [5.74, 6) is 0. The van der Waals surface area contributed by atoms with Crippen LogP contribution in [0.5, 0.6) is 0 Å². The molecule has 1 fully saturated rings. The maximum Gasteiger partial charge on any atom is 0.208 e. The van der Waals surface area contributed by atoms with E-state index in [1.807, 2.05) is 6.92 Å². The second-order valence-corrected chi connectivity index (χ2v) is 6.60. The van der Waals surface area contributed by atoms with Crippen LogP contribution in [0.2, 0.25) is 0 Å². The minimum Gasteiger partial charge on any atom is -0.392 e. The van der Waals surface area contributed by atoms with E-state index in [-0.39, 0.29) is 5.54 Å². The summed E-state index contributed by atoms with van der Waals surface area (Å²) in [4.78, 5) is 5.17. The van der Waals surface area contributed by atoms with Gasteiger partial charge >= 0.3 is 0 Å². The van der Waals surface area contributed by atoms with E-state index in [9.17, 15) is 0 Å². The first-order valence-corrected chi connectivity index (χ1v) is 7.24. The third-order valence-electron chi connectivity index (χ3n) is 3.46. The maximum absolute atomic E-state index is 5.81. The fourth-order valence-corrected chi connectivity index (χ4v) is 2.89. The molecule has 0 aliphatic carbocycles. The Hall–Kier alpha value is -0.790. The Labute approximate surface area is 117 Å². The second kappa shape index (κ2) is 5.07. The highest BCUT2D eigenvalue weighted by molar-refractivity contribution is 7.80. The van der Waals surface area contributed by atoms with Crippen molar-refractivity contribution in [2.45, 2.75) is 26.3 Å². The Morgan fingerprint density at radius 3 is 2.33 bits per heavy atom. The van der Waals surface area contributed by atoms with Crippen molar-refractivity contribution in [2.75, 3.05) is 31.1 Å². The fraction of sp³-hybridized carbons (Fsp3) is 0.727. The lowest BCUT2D eigenvalue weighted by atomic mass is 10.0. The molecule has 5 nitrogen and oxygen atoms in total. The van der Waals surface area contributed by atoms with Gasteiger partial charge in [0.25, 0.3) is 0 Å². The summed E-state index contributed by atoms with van der Waals surface area (Å²) in [5.41, 5.74) is 5.60. The van der Waals surface area contributed by atoms with Crippen LogP contribution in [0, 0.1) is 6.92 Å². The van der Waals surface area contributed by atoms with Crippen LogP contribution in [0.1, 0.15) is 18.9 Å². The smallest absolute Gasteiger partial charge is 0.208 e. The molecule has 0 atom stereocenters. The summed E-state index contributed by atoms with van der Waals surface area (Å²) in [6.45, 7) is 9.93. The number of hydrogen-bond acceptors (Lipinski definition) is 6. The van der Waals surface area contributed by atoms with Crippen molar-refractivity contribution in [3.63, 3.8) is 0 Å². The molecule has 0 bridgehead atoms. The number of thiocarbonyl (C=S) groups is 1. The molecule has 18 heavy (non-hydrogen) atoms. The summed E-state index contributed by atoms with van der Waals surface area (Å²) in [5, 5.41) is 10.3. The molecule has 2 rings (SSSR count). The van der Waals surface area contributed by atoms with Gasteiger partial charge in [0.1, 0.15) is 5.01 Å². The first-order chi connectivity index (χ1) is 8.41. The number of nitrogens with zero attached hydrogens (tertiary/aromatic N) is 4. The van der Waals surface area contributed by atoms with Crippen molar-refractivity contribution < 1.29 is 0 Å². The zero-order valence-corrected chi connectivity index (χ0v) is 12.6. The van der Waals surface area contributed by atoms with Crippen LogP contribution in [0.3, 0.4) is 0 Å². The van der Waals surface area contributed by atoms with Gasteiger partial charge in [-0.2, -0.15) is 0 Å². The molecular formula is C11H19N5S2. The Morgan fingerprint density at radius 2 is 1.89 bits per heavy atom.